The van der Waals surface area contributed by atoms with Crippen LogP contribution in [0.2, 0.25) is 0 Å². The number of hydrogen-bond acceptors (Lipinski definition) is 8. The Labute approximate surface area is 309 Å². The molecule has 11 heteroatoms. The van der Waals surface area contributed by atoms with Crippen LogP contribution in [0.3, 0.4) is 0 Å². The lowest BCUT2D eigenvalue weighted by molar-refractivity contribution is -0.152. The van der Waals surface area contributed by atoms with E-state index in [2.05, 4.69) is 10.5 Å². The first kappa shape index (κ1) is 38.4. The van der Waals surface area contributed by atoms with Crippen molar-refractivity contribution in [3.63, 3.8) is 0 Å². The van der Waals surface area contributed by atoms with Crippen LogP contribution in [0, 0.1) is 0 Å². The van der Waals surface area contributed by atoms with Crippen LogP contribution in [-0.4, -0.2) is 53.2 Å². The molecule has 3 amide bonds. The molecule has 4 aromatic carbocycles. The number of nitrogens with zero attached hydrogens (tertiary/aromatic N) is 2. The van der Waals surface area contributed by atoms with Crippen LogP contribution in [0.1, 0.15) is 90.9 Å². The number of rotatable bonds is 14. The summed E-state index contributed by atoms with van der Waals surface area (Å²) >= 11 is 0. The third-order valence-electron chi connectivity index (χ3n) is 8.93. The Morgan fingerprint density at radius 1 is 0.849 bits per heavy atom. The summed E-state index contributed by atoms with van der Waals surface area (Å²) in [5, 5.41) is 14.4. The van der Waals surface area contributed by atoms with Crippen molar-refractivity contribution < 1.29 is 33.9 Å². The number of unbranched alkanes of at least 4 members (excludes halogenated alkanes) is 3. The second-order valence-electron chi connectivity index (χ2n) is 12.9. The number of ether oxygens (including phenoxy) is 2. The average molecular weight is 719 g/mol. The van der Waals surface area contributed by atoms with Crippen molar-refractivity contribution >= 4 is 40.7 Å². The first-order valence-electron chi connectivity index (χ1n) is 18.1. The Hall–Kier alpha value is -5.81. The molecular formula is C42H46N4O7. The van der Waals surface area contributed by atoms with E-state index in [1.165, 1.54) is 0 Å². The van der Waals surface area contributed by atoms with Gasteiger partial charge in [-0.25, -0.2) is 10.9 Å². The zero-order valence-electron chi connectivity index (χ0n) is 29.7. The van der Waals surface area contributed by atoms with Gasteiger partial charge in [0.25, 0.3) is 5.91 Å². The number of cyclic esters (lactones) is 1. The highest BCUT2D eigenvalue weighted by atomic mass is 16.5. The highest BCUT2D eigenvalue weighted by Gasteiger charge is 2.24. The summed E-state index contributed by atoms with van der Waals surface area (Å²) in [4.78, 5) is 52.1. The fraction of sp³-hybridized carbons (Fsp3) is 0.310. The SMILES string of the molecule is O=C(CCCCCCOc1ccc(C(=O)N/N=C/c2ccc(CN3C[C@@H](c4ccccc4)OC(=O)CC/C=C/CCC3=O)cc2)c2ccccc12)NO. The van der Waals surface area contributed by atoms with E-state index in [-0.39, 0.29) is 36.7 Å². The van der Waals surface area contributed by atoms with Gasteiger partial charge in [0.05, 0.1) is 19.4 Å². The summed E-state index contributed by atoms with van der Waals surface area (Å²) in [6.45, 7) is 1.08. The molecule has 0 aliphatic carbocycles. The zero-order valence-corrected chi connectivity index (χ0v) is 29.7. The molecule has 276 valence electrons. The standard InChI is InChI=1S/C42H46N4O7/c47-39(45-51)18-8-3-4-13-27-52-37-26-25-36(34-16-11-12-17-35(34)37)42(50)44-43-28-31-21-23-32(24-22-31)29-46-30-38(33-14-6-5-7-15-33)53-41(49)20-10-2-1-9-19-40(46)48/h1-2,5-7,11-12,14-17,21-26,28,38,51H,3-4,8-10,13,18-20,27,29-30H2,(H,44,50)(H,45,47)/b2-1+,43-28+/t38-/m0/s1. The molecule has 11 nitrogen and oxygen atoms in total. The van der Waals surface area contributed by atoms with Gasteiger partial charge in [0.2, 0.25) is 11.8 Å². The Balaban J connectivity index is 1.18. The van der Waals surface area contributed by atoms with E-state index >= 15 is 0 Å². The van der Waals surface area contributed by atoms with Crippen LogP contribution >= 0.6 is 0 Å². The molecule has 0 spiro atoms. The Bertz CT molecular complexity index is 1890. The number of allylic oxidation sites excluding steroid dienone is 2. The van der Waals surface area contributed by atoms with Crippen molar-refractivity contribution in [1.29, 1.82) is 0 Å². The molecule has 1 atom stereocenters. The summed E-state index contributed by atoms with van der Waals surface area (Å²) < 4.78 is 11.9. The van der Waals surface area contributed by atoms with E-state index < -0.39 is 6.10 Å². The largest absolute Gasteiger partial charge is 0.493 e. The maximum atomic E-state index is 13.4. The number of amides is 3. The molecule has 0 saturated heterocycles. The number of hydrazone groups is 1. The van der Waals surface area contributed by atoms with Gasteiger partial charge in [0.15, 0.2) is 0 Å². The molecule has 0 saturated carbocycles. The van der Waals surface area contributed by atoms with E-state index in [9.17, 15) is 19.2 Å². The first-order valence-corrected chi connectivity index (χ1v) is 18.1. The molecule has 1 heterocycles. The normalized spacial score (nSPS) is 16.0. The monoisotopic (exact) mass is 718 g/mol. The number of fused-ring (bicyclic) bond motifs is 1. The molecule has 5 rings (SSSR count). The minimum atomic E-state index is -0.580. The smallest absolute Gasteiger partial charge is 0.306 e. The molecule has 53 heavy (non-hydrogen) atoms. The van der Waals surface area contributed by atoms with E-state index in [0.717, 1.165) is 46.7 Å². The van der Waals surface area contributed by atoms with Crippen molar-refractivity contribution in [1.82, 2.24) is 15.8 Å². The Morgan fingerprint density at radius 3 is 2.34 bits per heavy atom. The minimum absolute atomic E-state index is 0.0216. The van der Waals surface area contributed by atoms with Gasteiger partial charge in [-0.3, -0.25) is 24.4 Å². The van der Waals surface area contributed by atoms with E-state index in [0.29, 0.717) is 56.6 Å². The predicted octanol–water partition coefficient (Wildman–Crippen LogP) is 7.18. The molecule has 0 unspecified atom stereocenters. The molecule has 1 aliphatic heterocycles. The van der Waals surface area contributed by atoms with Crippen molar-refractivity contribution in [2.75, 3.05) is 13.2 Å². The lowest BCUT2D eigenvalue weighted by Gasteiger charge is -2.28. The molecule has 0 aromatic heterocycles. The number of esters is 1. The lowest BCUT2D eigenvalue weighted by Crippen LogP contribution is -2.35. The second-order valence-corrected chi connectivity index (χ2v) is 12.9. The third-order valence-corrected chi connectivity index (χ3v) is 8.93. The van der Waals surface area contributed by atoms with Gasteiger partial charge in [-0.05, 0) is 59.9 Å². The molecule has 1 aliphatic rings. The molecule has 4 aromatic rings. The van der Waals surface area contributed by atoms with Crippen LogP contribution in [0.25, 0.3) is 10.8 Å². The lowest BCUT2D eigenvalue weighted by atomic mass is 10.0. The van der Waals surface area contributed by atoms with Gasteiger partial charge in [-0.2, -0.15) is 5.10 Å². The van der Waals surface area contributed by atoms with Crippen LogP contribution in [0.5, 0.6) is 5.75 Å². The maximum Gasteiger partial charge on any atom is 0.306 e. The number of hydrogen-bond donors (Lipinski definition) is 3. The number of hydroxylamine groups is 1. The Kier molecular flexibility index (Phi) is 14.7. The summed E-state index contributed by atoms with van der Waals surface area (Å²) in [6, 6.07) is 28.1. The van der Waals surface area contributed by atoms with Crippen LogP contribution in [0.4, 0.5) is 0 Å². The topological polar surface area (TPSA) is 147 Å². The van der Waals surface area contributed by atoms with E-state index in [1.54, 1.807) is 28.7 Å². The average Bonchev–Trinajstić information content (AvgIpc) is 3.18. The molecular weight excluding hydrogens is 672 g/mol. The van der Waals surface area contributed by atoms with Gasteiger partial charge in [-0.15, -0.1) is 0 Å². The quantitative estimate of drug-likeness (QED) is 0.0313. The number of nitrogens with one attached hydrogen (secondary N) is 2. The number of benzene rings is 4. The van der Waals surface area contributed by atoms with Crippen molar-refractivity contribution in [2.45, 2.75) is 70.4 Å². The van der Waals surface area contributed by atoms with Gasteiger partial charge in [0.1, 0.15) is 11.9 Å². The second kappa shape index (κ2) is 20.3. The van der Waals surface area contributed by atoms with Crippen LogP contribution in [0.15, 0.2) is 108 Å². The van der Waals surface area contributed by atoms with Crippen molar-refractivity contribution in [3.8, 4) is 5.75 Å². The highest BCUT2D eigenvalue weighted by Crippen LogP contribution is 2.29. The molecule has 0 radical (unpaired) electrons. The van der Waals surface area contributed by atoms with Crippen LogP contribution < -0.4 is 15.6 Å². The summed E-state index contributed by atoms with van der Waals surface area (Å²) in [7, 11) is 0. The molecule has 3 N–H and O–H groups in total. The van der Waals surface area contributed by atoms with E-state index in [1.807, 2.05) is 91.0 Å². The van der Waals surface area contributed by atoms with Gasteiger partial charge >= 0.3 is 5.97 Å². The van der Waals surface area contributed by atoms with Gasteiger partial charge < -0.3 is 14.4 Å². The fourth-order valence-corrected chi connectivity index (χ4v) is 6.08. The maximum absolute atomic E-state index is 13.4. The summed E-state index contributed by atoms with van der Waals surface area (Å²) in [5.74, 6) is -0.370. The van der Waals surface area contributed by atoms with Gasteiger partial charge in [-0.1, -0.05) is 104 Å². The zero-order chi connectivity index (χ0) is 37.3. The third kappa shape index (κ3) is 11.9. The fourth-order valence-electron chi connectivity index (χ4n) is 6.08. The number of carbonyl (C=O) groups is 4. The predicted molar refractivity (Wildman–Crippen MR) is 202 cm³/mol. The highest BCUT2D eigenvalue weighted by molar-refractivity contribution is 6.08. The van der Waals surface area contributed by atoms with Crippen molar-refractivity contribution in [3.05, 3.63) is 125 Å². The van der Waals surface area contributed by atoms with Crippen LogP contribution in [-0.2, 0) is 25.7 Å². The molecule has 0 fully saturated rings. The molecule has 0 bridgehead atoms. The summed E-state index contributed by atoms with van der Waals surface area (Å²) in [6.07, 6.45) is 10.2. The minimum Gasteiger partial charge on any atom is -0.493 e. The van der Waals surface area contributed by atoms with Gasteiger partial charge in [0, 0.05) is 36.8 Å². The first-order chi connectivity index (χ1) is 25.9. The van der Waals surface area contributed by atoms with E-state index in [4.69, 9.17) is 14.7 Å². The van der Waals surface area contributed by atoms with Crippen molar-refractivity contribution in [2.24, 2.45) is 5.10 Å². The Morgan fingerprint density at radius 2 is 1.57 bits per heavy atom. The summed E-state index contributed by atoms with van der Waals surface area (Å²) in [5.41, 5.74) is 7.25. The number of carbonyl (C=O) groups excluding carboxylic acids is 4.